The summed E-state index contributed by atoms with van der Waals surface area (Å²) in [6, 6.07) is 3.60. The maximum Gasteiger partial charge on any atom is 0.415 e. The Morgan fingerprint density at radius 1 is 1.23 bits per heavy atom. The highest BCUT2D eigenvalue weighted by atomic mass is 16.6. The summed E-state index contributed by atoms with van der Waals surface area (Å²) in [5.41, 5.74) is 13.3. The first-order chi connectivity index (χ1) is 19.2. The van der Waals surface area contributed by atoms with Crippen molar-refractivity contribution >= 4 is 23.7 Å². The van der Waals surface area contributed by atoms with E-state index in [-0.39, 0.29) is 23.1 Å². The fourth-order valence-corrected chi connectivity index (χ4v) is 7.76. The van der Waals surface area contributed by atoms with Gasteiger partial charge in [-0.3, -0.25) is 15.0 Å². The first kappa shape index (κ1) is 26.8. The standard InChI is InChI=1S/C28H39N7O5/c1-33-10-8-28-17-5-6-20(36)24(28)40-23-21(7-4-16(22(23)28)15-19(17)33)39-27(38)35-13-11-34(12-14-35)25(37)18(29)3-2-9-32-26(30)31/h4,7,17-19,24H,2-3,5-6,8-15,29H2,1H3,(H4,30,31,32)/t17?,18-,19+,24-,28-/m0/s1. The number of Topliss-reactive ketones (excluding diaryl/α,β-unsaturated/α-hetero) is 1. The highest BCUT2D eigenvalue weighted by Crippen LogP contribution is 2.63. The number of benzene rings is 1. The Bertz CT molecular complexity index is 1230. The summed E-state index contributed by atoms with van der Waals surface area (Å²) in [6.07, 6.45) is 3.28. The van der Waals surface area contributed by atoms with Crippen molar-refractivity contribution < 1.29 is 23.9 Å². The number of nitrogens with zero attached hydrogens (tertiary/aromatic N) is 3. The first-order valence-corrected chi connectivity index (χ1v) is 14.4. The third kappa shape index (κ3) is 4.28. The van der Waals surface area contributed by atoms with E-state index in [1.165, 1.54) is 5.56 Å². The molecule has 1 spiro atoms. The average Bonchev–Trinajstić information content (AvgIpc) is 3.30. The Balaban J connectivity index is 1.11. The molecule has 5 atom stereocenters. The van der Waals surface area contributed by atoms with Gasteiger partial charge >= 0.3 is 6.09 Å². The van der Waals surface area contributed by atoms with Crippen LogP contribution in [-0.4, -0.2) is 103 Å². The minimum Gasteiger partial charge on any atom is -0.477 e. The van der Waals surface area contributed by atoms with Crippen LogP contribution in [0.4, 0.5) is 4.79 Å². The van der Waals surface area contributed by atoms with Crippen molar-refractivity contribution in [2.24, 2.45) is 17.4 Å². The largest absolute Gasteiger partial charge is 0.477 e. The lowest BCUT2D eigenvalue weighted by atomic mass is 9.52. The van der Waals surface area contributed by atoms with Crippen LogP contribution >= 0.6 is 0 Å². The number of amides is 2. The normalized spacial score (nSPS) is 29.4. The Morgan fingerprint density at radius 2 is 1.98 bits per heavy atom. The van der Waals surface area contributed by atoms with Crippen molar-refractivity contribution in [1.29, 1.82) is 5.41 Å². The van der Waals surface area contributed by atoms with Gasteiger partial charge in [-0.15, -0.1) is 0 Å². The lowest BCUT2D eigenvalue weighted by molar-refractivity contribution is -0.138. The number of hydrogen-bond donors (Lipinski definition) is 4. The number of rotatable bonds is 6. The van der Waals surface area contributed by atoms with E-state index in [0.29, 0.717) is 75.4 Å². The number of nitrogens with one attached hydrogen (secondary N) is 2. The van der Waals surface area contributed by atoms with E-state index >= 15 is 0 Å². The molecule has 1 aromatic carbocycles. The van der Waals surface area contributed by atoms with Gasteiger partial charge in [-0.2, -0.15) is 0 Å². The lowest BCUT2D eigenvalue weighted by Gasteiger charge is -2.57. The van der Waals surface area contributed by atoms with Gasteiger partial charge in [-0.05, 0) is 63.2 Å². The molecule has 1 aromatic rings. The number of carbonyl (C=O) groups excluding carboxylic acids is 3. The van der Waals surface area contributed by atoms with Crippen LogP contribution < -0.4 is 26.3 Å². The maximum atomic E-state index is 13.2. The molecule has 6 rings (SSSR count). The maximum absolute atomic E-state index is 13.2. The summed E-state index contributed by atoms with van der Waals surface area (Å²) in [5, 5.41) is 9.89. The Kier molecular flexibility index (Phi) is 6.86. The molecular formula is C28H39N7O5. The summed E-state index contributed by atoms with van der Waals surface area (Å²) < 4.78 is 12.3. The minimum atomic E-state index is -0.641. The second-order valence-corrected chi connectivity index (χ2v) is 11.8. The molecule has 5 aliphatic rings. The van der Waals surface area contributed by atoms with E-state index in [4.69, 9.17) is 26.4 Å². The Labute approximate surface area is 233 Å². The molecule has 12 heteroatoms. The molecular weight excluding hydrogens is 514 g/mol. The van der Waals surface area contributed by atoms with Crippen molar-refractivity contribution in [3.05, 3.63) is 23.3 Å². The quantitative estimate of drug-likeness (QED) is 0.218. The van der Waals surface area contributed by atoms with Gasteiger partial charge in [0.25, 0.3) is 0 Å². The molecule has 3 fully saturated rings. The number of hydrogen-bond acceptors (Lipinski definition) is 8. The Hall–Kier alpha value is -3.38. The van der Waals surface area contributed by atoms with Gasteiger partial charge in [-0.1, -0.05) is 6.07 Å². The van der Waals surface area contributed by atoms with Crippen molar-refractivity contribution in [2.45, 2.75) is 62.1 Å². The fraction of sp³-hybridized carbons (Fsp3) is 0.643. The molecule has 40 heavy (non-hydrogen) atoms. The summed E-state index contributed by atoms with van der Waals surface area (Å²) in [4.78, 5) is 44.8. The zero-order chi connectivity index (χ0) is 28.2. The van der Waals surface area contributed by atoms with Gasteiger partial charge in [0, 0.05) is 56.2 Å². The molecule has 2 bridgehead atoms. The van der Waals surface area contributed by atoms with Crippen molar-refractivity contribution in [3.8, 4) is 11.5 Å². The van der Waals surface area contributed by atoms with Crippen LogP contribution in [0.5, 0.6) is 11.5 Å². The van der Waals surface area contributed by atoms with E-state index < -0.39 is 18.2 Å². The van der Waals surface area contributed by atoms with Crippen LogP contribution in [0.25, 0.3) is 0 Å². The zero-order valence-electron chi connectivity index (χ0n) is 23.0. The predicted molar refractivity (Wildman–Crippen MR) is 146 cm³/mol. The van der Waals surface area contributed by atoms with Gasteiger partial charge in [0.1, 0.15) is 0 Å². The fourth-order valence-electron chi connectivity index (χ4n) is 7.76. The number of ether oxygens (including phenoxy) is 2. The monoisotopic (exact) mass is 553 g/mol. The predicted octanol–water partition coefficient (Wildman–Crippen LogP) is 0.158. The molecule has 12 nitrogen and oxygen atoms in total. The van der Waals surface area contributed by atoms with E-state index in [9.17, 15) is 14.4 Å². The van der Waals surface area contributed by atoms with E-state index in [2.05, 4.69) is 17.3 Å². The number of piperidine rings is 1. The zero-order valence-corrected chi connectivity index (χ0v) is 23.0. The van der Waals surface area contributed by atoms with Crippen LogP contribution in [0, 0.1) is 11.3 Å². The van der Waals surface area contributed by atoms with E-state index in [0.717, 1.165) is 31.4 Å². The number of ketones is 1. The van der Waals surface area contributed by atoms with Crippen LogP contribution in [-0.2, 0) is 21.4 Å². The summed E-state index contributed by atoms with van der Waals surface area (Å²) >= 11 is 0. The molecule has 3 heterocycles. The topological polar surface area (TPSA) is 167 Å². The molecule has 2 aliphatic carbocycles. The molecule has 0 aromatic heterocycles. The molecule has 216 valence electrons. The van der Waals surface area contributed by atoms with Gasteiger partial charge < -0.3 is 41.0 Å². The van der Waals surface area contributed by atoms with Crippen LogP contribution in [0.1, 0.15) is 43.2 Å². The van der Waals surface area contributed by atoms with Crippen LogP contribution in [0.3, 0.4) is 0 Å². The van der Waals surface area contributed by atoms with Gasteiger partial charge in [0.15, 0.2) is 29.3 Å². The molecule has 1 unspecified atom stereocenters. The minimum absolute atomic E-state index is 0.107. The van der Waals surface area contributed by atoms with Gasteiger partial charge in [0.05, 0.1) is 6.04 Å². The Morgan fingerprint density at radius 3 is 2.73 bits per heavy atom. The van der Waals surface area contributed by atoms with Crippen molar-refractivity contribution in [3.63, 3.8) is 0 Å². The molecule has 2 amide bonds. The molecule has 6 N–H and O–H groups in total. The van der Waals surface area contributed by atoms with E-state index in [1.54, 1.807) is 15.9 Å². The first-order valence-electron chi connectivity index (χ1n) is 14.4. The van der Waals surface area contributed by atoms with Crippen LogP contribution in [0.2, 0.25) is 0 Å². The smallest absolute Gasteiger partial charge is 0.415 e. The third-order valence-electron chi connectivity index (χ3n) is 9.74. The number of piperazine rings is 1. The summed E-state index contributed by atoms with van der Waals surface area (Å²) in [5.74, 6) is 1.19. The summed E-state index contributed by atoms with van der Waals surface area (Å²) in [6.45, 7) is 2.82. The molecule has 3 aliphatic heterocycles. The summed E-state index contributed by atoms with van der Waals surface area (Å²) in [7, 11) is 2.18. The number of nitrogens with two attached hydrogens (primary N) is 2. The molecule has 1 saturated carbocycles. The third-order valence-corrected chi connectivity index (χ3v) is 9.74. The average molecular weight is 554 g/mol. The molecule has 0 radical (unpaired) electrons. The molecule has 2 saturated heterocycles. The SMILES string of the molecule is CN1CC[C@]23c4c5ccc(OC(=O)N6CCN(C(=O)[C@@H](N)CCCNC(=N)N)CC6)c4O[C@H]2C(=O)CCC3[C@H]1C5. The number of likely N-dealkylation sites (N-methyl/N-ethyl adjacent to an activating group) is 1. The highest BCUT2D eigenvalue weighted by Gasteiger charge is 2.65. The second-order valence-electron chi connectivity index (χ2n) is 11.8. The second kappa shape index (κ2) is 10.2. The highest BCUT2D eigenvalue weighted by molar-refractivity contribution is 5.89. The van der Waals surface area contributed by atoms with Crippen molar-refractivity contribution in [2.75, 3.05) is 46.3 Å². The van der Waals surface area contributed by atoms with Crippen LogP contribution in [0.15, 0.2) is 12.1 Å². The van der Waals surface area contributed by atoms with E-state index in [1.807, 2.05) is 6.07 Å². The van der Waals surface area contributed by atoms with Crippen molar-refractivity contribution in [1.82, 2.24) is 20.0 Å². The van der Waals surface area contributed by atoms with Gasteiger partial charge in [0.2, 0.25) is 5.91 Å². The number of guanidine groups is 1. The lowest BCUT2D eigenvalue weighted by Crippen LogP contribution is -2.65. The number of likely N-dealkylation sites (tertiary alicyclic amines) is 1. The number of carbonyl (C=O) groups is 3. The van der Waals surface area contributed by atoms with Gasteiger partial charge in [-0.25, -0.2) is 4.79 Å².